The van der Waals surface area contributed by atoms with E-state index in [1.165, 1.54) is 12.1 Å². The van der Waals surface area contributed by atoms with E-state index in [0.29, 0.717) is 19.6 Å². The standard InChI is InChI=1S/C20H28FN3O3/c1-16(25)24(9-8-22-10-12-27-13-11-22)19-6-7-23(15-19)20(26)14-17-2-4-18(21)5-3-17/h2-5,19H,6-15H2,1H3. The Balaban J connectivity index is 1.51. The fourth-order valence-corrected chi connectivity index (χ4v) is 3.78. The van der Waals surface area contributed by atoms with Crippen molar-refractivity contribution in [2.24, 2.45) is 0 Å². The molecule has 148 valence electrons. The van der Waals surface area contributed by atoms with Gasteiger partial charge in [-0.2, -0.15) is 0 Å². The van der Waals surface area contributed by atoms with E-state index in [9.17, 15) is 14.0 Å². The lowest BCUT2D eigenvalue weighted by molar-refractivity contribution is -0.133. The minimum Gasteiger partial charge on any atom is -0.379 e. The Kier molecular flexibility index (Phi) is 6.79. The van der Waals surface area contributed by atoms with E-state index in [4.69, 9.17) is 4.74 Å². The summed E-state index contributed by atoms with van der Waals surface area (Å²) in [6.45, 7) is 7.64. The Morgan fingerprint density at radius 3 is 2.56 bits per heavy atom. The van der Waals surface area contributed by atoms with Gasteiger partial charge in [0.25, 0.3) is 0 Å². The predicted octanol–water partition coefficient (Wildman–Crippen LogP) is 1.15. The van der Waals surface area contributed by atoms with Crippen molar-refractivity contribution in [1.82, 2.24) is 14.7 Å². The molecule has 2 heterocycles. The molecule has 0 aliphatic carbocycles. The minimum atomic E-state index is -0.301. The van der Waals surface area contributed by atoms with Crippen LogP contribution in [0.4, 0.5) is 4.39 Å². The highest BCUT2D eigenvalue weighted by Crippen LogP contribution is 2.18. The molecular formula is C20H28FN3O3. The lowest BCUT2D eigenvalue weighted by Crippen LogP contribution is -2.47. The van der Waals surface area contributed by atoms with Crippen molar-refractivity contribution in [3.63, 3.8) is 0 Å². The largest absolute Gasteiger partial charge is 0.379 e. The van der Waals surface area contributed by atoms with Crippen molar-refractivity contribution >= 4 is 11.8 Å². The summed E-state index contributed by atoms with van der Waals surface area (Å²) in [4.78, 5) is 30.7. The number of amides is 2. The highest BCUT2D eigenvalue weighted by atomic mass is 19.1. The first-order chi connectivity index (χ1) is 13.0. The molecule has 6 nitrogen and oxygen atoms in total. The average molecular weight is 377 g/mol. The molecule has 2 amide bonds. The molecule has 0 aromatic heterocycles. The third kappa shape index (κ3) is 5.49. The first kappa shape index (κ1) is 19.8. The Labute approximate surface area is 159 Å². The van der Waals surface area contributed by atoms with Gasteiger partial charge in [0, 0.05) is 46.2 Å². The Hall–Kier alpha value is -1.99. The smallest absolute Gasteiger partial charge is 0.227 e. The van der Waals surface area contributed by atoms with Gasteiger partial charge in [0.15, 0.2) is 0 Å². The van der Waals surface area contributed by atoms with E-state index < -0.39 is 0 Å². The number of halogens is 1. The molecule has 2 aliphatic rings. The monoisotopic (exact) mass is 377 g/mol. The quantitative estimate of drug-likeness (QED) is 0.746. The van der Waals surface area contributed by atoms with Crippen LogP contribution >= 0.6 is 0 Å². The zero-order chi connectivity index (χ0) is 19.2. The lowest BCUT2D eigenvalue weighted by atomic mass is 10.1. The Morgan fingerprint density at radius 2 is 1.89 bits per heavy atom. The van der Waals surface area contributed by atoms with Crippen LogP contribution in [-0.2, 0) is 20.7 Å². The number of nitrogens with zero attached hydrogens (tertiary/aromatic N) is 3. The molecule has 0 radical (unpaired) electrons. The SMILES string of the molecule is CC(=O)N(CCN1CCOCC1)C1CCN(C(=O)Cc2ccc(F)cc2)C1. The number of morpholine rings is 1. The molecule has 1 aromatic carbocycles. The van der Waals surface area contributed by atoms with Gasteiger partial charge < -0.3 is 14.5 Å². The minimum absolute atomic E-state index is 0.0285. The molecule has 1 aromatic rings. The topological polar surface area (TPSA) is 53.1 Å². The van der Waals surface area contributed by atoms with Gasteiger partial charge in [0.1, 0.15) is 5.82 Å². The van der Waals surface area contributed by atoms with Gasteiger partial charge in [-0.3, -0.25) is 14.5 Å². The molecular weight excluding hydrogens is 349 g/mol. The van der Waals surface area contributed by atoms with Crippen LogP contribution in [0.5, 0.6) is 0 Å². The molecule has 2 saturated heterocycles. The van der Waals surface area contributed by atoms with Gasteiger partial charge in [-0.05, 0) is 24.1 Å². The fraction of sp³-hybridized carbons (Fsp3) is 0.600. The second-order valence-corrected chi connectivity index (χ2v) is 7.25. The summed E-state index contributed by atoms with van der Waals surface area (Å²) in [5.74, 6) is -0.216. The van der Waals surface area contributed by atoms with Crippen LogP contribution in [-0.4, -0.2) is 85.0 Å². The summed E-state index contributed by atoms with van der Waals surface area (Å²) < 4.78 is 18.4. The molecule has 1 atom stereocenters. The molecule has 7 heteroatoms. The molecule has 27 heavy (non-hydrogen) atoms. The normalized spacial score (nSPS) is 20.7. The molecule has 2 aliphatic heterocycles. The highest BCUT2D eigenvalue weighted by Gasteiger charge is 2.31. The van der Waals surface area contributed by atoms with Crippen LogP contribution in [0.25, 0.3) is 0 Å². The van der Waals surface area contributed by atoms with Crippen LogP contribution in [0.2, 0.25) is 0 Å². The van der Waals surface area contributed by atoms with Crippen molar-refractivity contribution in [3.05, 3.63) is 35.6 Å². The van der Waals surface area contributed by atoms with Gasteiger partial charge in [0.2, 0.25) is 11.8 Å². The fourth-order valence-electron chi connectivity index (χ4n) is 3.78. The number of rotatable bonds is 6. The van der Waals surface area contributed by atoms with Crippen LogP contribution < -0.4 is 0 Å². The van der Waals surface area contributed by atoms with Gasteiger partial charge in [-0.1, -0.05) is 12.1 Å². The number of carbonyl (C=O) groups excluding carboxylic acids is 2. The molecule has 0 saturated carbocycles. The summed E-state index contributed by atoms with van der Waals surface area (Å²) in [7, 11) is 0. The number of ether oxygens (including phenoxy) is 1. The maximum atomic E-state index is 13.0. The molecule has 2 fully saturated rings. The molecule has 3 rings (SSSR count). The second-order valence-electron chi connectivity index (χ2n) is 7.25. The molecule has 0 bridgehead atoms. The maximum absolute atomic E-state index is 13.0. The number of hydrogen-bond acceptors (Lipinski definition) is 4. The van der Waals surface area contributed by atoms with Gasteiger partial charge >= 0.3 is 0 Å². The molecule has 0 spiro atoms. The van der Waals surface area contributed by atoms with Gasteiger partial charge in [-0.25, -0.2) is 4.39 Å². The zero-order valence-electron chi connectivity index (χ0n) is 15.9. The van der Waals surface area contributed by atoms with Crippen molar-refractivity contribution in [1.29, 1.82) is 0 Å². The Bertz CT molecular complexity index is 646. The van der Waals surface area contributed by atoms with Crippen LogP contribution in [0.1, 0.15) is 18.9 Å². The van der Waals surface area contributed by atoms with E-state index in [1.807, 2.05) is 9.80 Å². The lowest BCUT2D eigenvalue weighted by Gasteiger charge is -2.32. The first-order valence-corrected chi connectivity index (χ1v) is 9.62. The summed E-state index contributed by atoms with van der Waals surface area (Å²) >= 11 is 0. The Morgan fingerprint density at radius 1 is 1.19 bits per heavy atom. The van der Waals surface area contributed by atoms with Crippen molar-refractivity contribution in [2.45, 2.75) is 25.8 Å². The molecule has 0 N–H and O–H groups in total. The summed E-state index contributed by atoms with van der Waals surface area (Å²) in [5.41, 5.74) is 0.806. The number of likely N-dealkylation sites (tertiary alicyclic amines) is 1. The van der Waals surface area contributed by atoms with E-state index in [0.717, 1.165) is 44.8 Å². The third-order valence-electron chi connectivity index (χ3n) is 5.39. The second kappa shape index (κ2) is 9.28. The van der Waals surface area contributed by atoms with E-state index in [-0.39, 0.29) is 30.1 Å². The molecule has 1 unspecified atom stereocenters. The number of hydrogen-bond donors (Lipinski definition) is 0. The zero-order valence-corrected chi connectivity index (χ0v) is 15.9. The summed E-state index contributed by atoms with van der Waals surface area (Å²) in [5, 5.41) is 0. The van der Waals surface area contributed by atoms with Crippen molar-refractivity contribution < 1.29 is 18.7 Å². The average Bonchev–Trinajstić information content (AvgIpc) is 3.14. The number of carbonyl (C=O) groups is 2. The maximum Gasteiger partial charge on any atom is 0.227 e. The van der Waals surface area contributed by atoms with E-state index in [1.54, 1.807) is 19.1 Å². The van der Waals surface area contributed by atoms with E-state index >= 15 is 0 Å². The third-order valence-corrected chi connectivity index (χ3v) is 5.39. The predicted molar refractivity (Wildman–Crippen MR) is 99.7 cm³/mol. The van der Waals surface area contributed by atoms with Gasteiger partial charge in [0.05, 0.1) is 25.7 Å². The van der Waals surface area contributed by atoms with Crippen LogP contribution in [0.15, 0.2) is 24.3 Å². The van der Waals surface area contributed by atoms with E-state index in [2.05, 4.69) is 4.90 Å². The van der Waals surface area contributed by atoms with Crippen LogP contribution in [0, 0.1) is 5.82 Å². The van der Waals surface area contributed by atoms with Crippen LogP contribution in [0.3, 0.4) is 0 Å². The van der Waals surface area contributed by atoms with Gasteiger partial charge in [-0.15, -0.1) is 0 Å². The highest BCUT2D eigenvalue weighted by molar-refractivity contribution is 5.79. The summed E-state index contributed by atoms with van der Waals surface area (Å²) in [6, 6.07) is 6.10. The van der Waals surface area contributed by atoms with Crippen molar-refractivity contribution in [3.8, 4) is 0 Å². The number of benzene rings is 1. The van der Waals surface area contributed by atoms with Crippen molar-refractivity contribution in [2.75, 3.05) is 52.5 Å². The summed E-state index contributed by atoms with van der Waals surface area (Å²) in [6.07, 6.45) is 1.07. The first-order valence-electron chi connectivity index (χ1n) is 9.62.